The van der Waals surface area contributed by atoms with E-state index >= 15 is 0 Å². The second-order valence-corrected chi connectivity index (χ2v) is 22.2. The third-order valence-electron chi connectivity index (χ3n) is 17.1. The summed E-state index contributed by atoms with van der Waals surface area (Å²) in [5.74, 6) is 1.30. The van der Waals surface area contributed by atoms with E-state index in [2.05, 4.69) is 356 Å². The number of hydrogen-bond donors (Lipinski definition) is 0. The minimum absolute atomic E-state index is 0.559. The molecular formula is C80H54N8. The number of fused-ring (bicyclic) bond motifs is 10. The molecule has 0 amide bonds. The second kappa shape index (κ2) is 21.0. The maximum atomic E-state index is 5.93. The third kappa shape index (κ3) is 8.37. The molecule has 0 saturated heterocycles. The molecular weight excluding hydrogens is 1070 g/mol. The van der Waals surface area contributed by atoms with E-state index in [1.165, 1.54) is 10.8 Å². The molecule has 17 rings (SSSR count). The molecule has 0 spiro atoms. The van der Waals surface area contributed by atoms with Crippen LogP contribution in [0.25, 0.3) is 93.6 Å². The molecule has 0 aliphatic rings. The fourth-order valence-corrected chi connectivity index (χ4v) is 13.3. The molecule has 13 aromatic carbocycles. The Bertz CT molecular complexity index is 5370. The molecule has 0 atom stereocenters. The van der Waals surface area contributed by atoms with Crippen LogP contribution >= 0.6 is 0 Å². The number of aromatic nitrogens is 5. The third-order valence-corrected chi connectivity index (χ3v) is 17.1. The zero-order valence-corrected chi connectivity index (χ0v) is 47.8. The Kier molecular flexibility index (Phi) is 12.0. The molecule has 0 fully saturated rings. The highest BCUT2D eigenvalue weighted by molar-refractivity contribution is 6.14. The van der Waals surface area contributed by atoms with Gasteiger partial charge in [-0.1, -0.05) is 170 Å². The lowest BCUT2D eigenvalue weighted by Crippen LogP contribution is -2.15. The van der Waals surface area contributed by atoms with Crippen LogP contribution in [0.2, 0.25) is 0 Å². The summed E-state index contributed by atoms with van der Waals surface area (Å²) in [6, 6.07) is 117. The van der Waals surface area contributed by atoms with Crippen LogP contribution in [-0.2, 0) is 0 Å². The number of nitrogens with zero attached hydrogens (tertiary/aromatic N) is 8. The Morgan fingerprint density at radius 3 is 1.07 bits per heavy atom. The normalized spacial score (nSPS) is 11.6. The number of rotatable bonds is 12. The second-order valence-electron chi connectivity index (χ2n) is 22.2. The van der Waals surface area contributed by atoms with Gasteiger partial charge in [-0.05, 0) is 158 Å². The minimum Gasteiger partial charge on any atom is -0.310 e. The smallest absolute Gasteiger partial charge is 0.237 e. The van der Waals surface area contributed by atoms with Crippen molar-refractivity contribution < 1.29 is 0 Å². The Hall–Kier alpha value is -12.0. The molecule has 0 aliphatic heterocycles. The molecule has 0 aliphatic carbocycles. The van der Waals surface area contributed by atoms with Gasteiger partial charge in [0.1, 0.15) is 0 Å². The summed E-state index contributed by atoms with van der Waals surface area (Å²) in [6.45, 7) is 0. The van der Waals surface area contributed by atoms with Crippen LogP contribution in [0.15, 0.2) is 328 Å². The van der Waals surface area contributed by atoms with Gasteiger partial charge in [0.05, 0.1) is 38.6 Å². The summed E-state index contributed by atoms with van der Waals surface area (Å²) in [5, 5.41) is 7.75. The maximum absolute atomic E-state index is 5.93. The van der Waals surface area contributed by atoms with E-state index in [0.29, 0.717) is 5.95 Å². The molecule has 8 nitrogen and oxygen atoms in total. The monoisotopic (exact) mass is 1130 g/mol. The first-order valence-electron chi connectivity index (χ1n) is 29.8. The van der Waals surface area contributed by atoms with Crippen LogP contribution in [0.3, 0.4) is 0 Å². The molecule has 4 aromatic heterocycles. The minimum atomic E-state index is 0.559. The highest BCUT2D eigenvalue weighted by Gasteiger charge is 2.26. The number of hydrogen-bond acceptors (Lipinski definition) is 5. The maximum Gasteiger partial charge on any atom is 0.237 e. The molecule has 4 heterocycles. The van der Waals surface area contributed by atoms with E-state index in [9.17, 15) is 0 Å². The lowest BCUT2D eigenvalue weighted by molar-refractivity contribution is 0.999. The molecule has 414 valence electrons. The van der Waals surface area contributed by atoms with Crippen LogP contribution < -0.4 is 14.7 Å². The highest BCUT2D eigenvalue weighted by atomic mass is 15.3. The van der Waals surface area contributed by atoms with Gasteiger partial charge in [-0.15, -0.1) is 0 Å². The summed E-state index contributed by atoms with van der Waals surface area (Å²) in [4.78, 5) is 18.6. The van der Waals surface area contributed by atoms with Crippen molar-refractivity contribution in [2.45, 2.75) is 0 Å². The summed E-state index contributed by atoms with van der Waals surface area (Å²) >= 11 is 0. The fraction of sp³-hybridized carbons (Fsp3) is 0. The molecule has 0 bridgehead atoms. The summed E-state index contributed by atoms with van der Waals surface area (Å²) in [5.41, 5.74) is 17.7. The molecule has 88 heavy (non-hydrogen) atoms. The van der Waals surface area contributed by atoms with Gasteiger partial charge in [0.25, 0.3) is 0 Å². The highest BCUT2D eigenvalue weighted by Crippen LogP contribution is 2.46. The topological polar surface area (TPSA) is 50.3 Å². The van der Waals surface area contributed by atoms with Gasteiger partial charge in [0.2, 0.25) is 5.95 Å². The number of anilines is 9. The predicted molar refractivity (Wildman–Crippen MR) is 367 cm³/mol. The van der Waals surface area contributed by atoms with E-state index in [-0.39, 0.29) is 0 Å². The van der Waals surface area contributed by atoms with Crippen molar-refractivity contribution in [1.82, 2.24) is 23.7 Å². The van der Waals surface area contributed by atoms with Crippen LogP contribution in [0.1, 0.15) is 0 Å². The first-order valence-corrected chi connectivity index (χ1v) is 29.8. The lowest BCUT2D eigenvalue weighted by atomic mass is 10.1. The van der Waals surface area contributed by atoms with Crippen molar-refractivity contribution in [2.24, 2.45) is 0 Å². The quantitative estimate of drug-likeness (QED) is 0.122. The van der Waals surface area contributed by atoms with E-state index in [1.807, 2.05) is 0 Å². The van der Waals surface area contributed by atoms with Crippen molar-refractivity contribution in [1.29, 1.82) is 0 Å². The van der Waals surface area contributed by atoms with Crippen molar-refractivity contribution in [3.05, 3.63) is 328 Å². The summed E-state index contributed by atoms with van der Waals surface area (Å²) < 4.78 is 7.03. The molecule has 0 unspecified atom stereocenters. The van der Waals surface area contributed by atoms with Gasteiger partial charge in [0, 0.05) is 94.6 Å². The Balaban J connectivity index is 0.917. The molecule has 17 aromatic rings. The van der Waals surface area contributed by atoms with E-state index in [0.717, 1.165) is 128 Å². The van der Waals surface area contributed by atoms with Crippen LogP contribution in [0.5, 0.6) is 0 Å². The predicted octanol–water partition coefficient (Wildman–Crippen LogP) is 21.3. The largest absolute Gasteiger partial charge is 0.310 e. The Labute approximate surface area is 508 Å². The zero-order chi connectivity index (χ0) is 58.1. The molecule has 8 heteroatoms. The average Bonchev–Trinajstić information content (AvgIpc) is 1.74. The van der Waals surface area contributed by atoms with Crippen molar-refractivity contribution in [2.75, 3.05) is 14.7 Å². The van der Waals surface area contributed by atoms with Crippen molar-refractivity contribution in [3.63, 3.8) is 0 Å². The Morgan fingerprint density at radius 2 is 0.568 bits per heavy atom. The zero-order valence-electron chi connectivity index (χ0n) is 47.8. The van der Waals surface area contributed by atoms with Crippen molar-refractivity contribution >= 4 is 128 Å². The van der Waals surface area contributed by atoms with Crippen molar-refractivity contribution in [3.8, 4) is 17.3 Å². The lowest BCUT2D eigenvalue weighted by Gasteiger charge is -2.27. The van der Waals surface area contributed by atoms with Gasteiger partial charge >= 0.3 is 0 Å². The van der Waals surface area contributed by atoms with Gasteiger partial charge < -0.3 is 18.9 Å². The number of benzene rings is 13. The van der Waals surface area contributed by atoms with Gasteiger partial charge in [-0.3, -0.25) is 9.47 Å². The average molecular weight is 1130 g/mol. The first kappa shape index (κ1) is 50.5. The van der Waals surface area contributed by atoms with Gasteiger partial charge in [-0.2, -0.15) is 4.98 Å². The van der Waals surface area contributed by atoms with E-state index in [4.69, 9.17) is 9.97 Å². The van der Waals surface area contributed by atoms with Crippen LogP contribution in [0.4, 0.5) is 51.3 Å². The van der Waals surface area contributed by atoms with Gasteiger partial charge in [0.15, 0.2) is 5.82 Å². The van der Waals surface area contributed by atoms with E-state index in [1.54, 1.807) is 0 Å². The number of para-hydroxylation sites is 9. The Morgan fingerprint density at radius 1 is 0.205 bits per heavy atom. The standard InChI is InChI=1S/C80H54N8/c1-7-25-55(26-8-1)83(56-27-9-2-10-28-56)61-45-49-76-69(51-61)66-38-20-23-41-74(66)87(76)63-44-48-72-71(53-63)79(85(59-33-15-5-16-34-59)64-43-47-68-65-37-19-22-40-73(65)86(78(68)54-64)60-35-17-6-18-36-60)82-80(81-72)88-75-42-24-21-39-67(75)70-52-62(46-50-77(70)88)84(57-29-11-3-12-30-57)58-31-13-4-14-32-58/h1-54H. The summed E-state index contributed by atoms with van der Waals surface area (Å²) in [6.07, 6.45) is 0. The van der Waals surface area contributed by atoms with E-state index < -0.39 is 0 Å². The molecule has 0 saturated carbocycles. The fourth-order valence-electron chi connectivity index (χ4n) is 13.3. The van der Waals surface area contributed by atoms with Crippen LogP contribution in [-0.4, -0.2) is 23.7 Å². The van der Waals surface area contributed by atoms with Crippen LogP contribution in [0, 0.1) is 0 Å². The SMILES string of the molecule is c1ccc(N(c2ccccc2)c2ccc3c(c2)c2ccccc2n3-c2ccc3nc(-n4c5ccccc5c5cc(N(c6ccccc6)c6ccccc6)ccc54)nc(N(c4ccccc4)c4ccc5c6ccccc6n(-c6ccccc6)c5c4)c3c2)cc1. The summed E-state index contributed by atoms with van der Waals surface area (Å²) in [7, 11) is 0. The first-order chi connectivity index (χ1) is 43.7. The van der Waals surface area contributed by atoms with Gasteiger partial charge in [-0.25, -0.2) is 4.98 Å². The molecule has 0 N–H and O–H groups in total. The molecule has 0 radical (unpaired) electrons.